The molecule has 0 aromatic carbocycles. The van der Waals surface area contributed by atoms with E-state index in [1.165, 1.54) is 7.05 Å². The molecule has 1 aliphatic carbocycles. The Morgan fingerprint density at radius 1 is 0.979 bits per heavy atom. The van der Waals surface area contributed by atoms with Crippen molar-refractivity contribution in [2.45, 2.75) is 97.5 Å². The molecule has 0 spiro atoms. The van der Waals surface area contributed by atoms with Gasteiger partial charge in [-0.2, -0.15) is 16.8 Å². The van der Waals surface area contributed by atoms with Crippen molar-refractivity contribution < 1.29 is 88.3 Å². The Kier molecular flexibility index (Phi) is 10.8. The second-order valence-corrected chi connectivity index (χ2v) is 13.5. The van der Waals surface area contributed by atoms with Crippen molar-refractivity contribution in [3.8, 4) is 0 Å². The SMILES string of the molecule is CN[C@@H]1[C@H](O[C@H]2[C@H](O[C@]34OS(=O)(=O)OS(=O)(=O)O[C@@]3(N=C(N)N)[C@H](O)[C@H](N=CN)[C@H](O)[C@H]4O)O[C@@H](C)[C@]2(O)C=O)O[C@@H](CO)[C@H](O)[C@H]1O. The molecule has 48 heavy (non-hydrogen) atoms. The Morgan fingerprint density at radius 2 is 1.60 bits per heavy atom. The zero-order chi connectivity index (χ0) is 36.2. The molecule has 0 aromatic heterocycles. The van der Waals surface area contributed by atoms with Crippen molar-refractivity contribution in [2.75, 3.05) is 13.7 Å². The van der Waals surface area contributed by atoms with Gasteiger partial charge >= 0.3 is 20.8 Å². The molecule has 25 nitrogen and oxygen atoms in total. The number of hydrogen-bond acceptors (Lipinski definition) is 22. The van der Waals surface area contributed by atoms with Crippen LogP contribution in [0.4, 0.5) is 0 Å². The molecule has 0 bridgehead atoms. The molecule has 14 N–H and O–H groups in total. The summed E-state index contributed by atoms with van der Waals surface area (Å²) in [6.07, 6.45) is -21.0. The van der Waals surface area contributed by atoms with Gasteiger partial charge in [0.05, 0.1) is 25.1 Å². The molecule has 4 fully saturated rings. The molecule has 27 heteroatoms. The number of aliphatic imine (C=N–C) groups is 2. The minimum atomic E-state index is -6.00. The summed E-state index contributed by atoms with van der Waals surface area (Å²) in [6, 6.07) is -3.51. The van der Waals surface area contributed by atoms with Gasteiger partial charge in [0.2, 0.25) is 0 Å². The summed E-state index contributed by atoms with van der Waals surface area (Å²) in [5.74, 6) is -5.11. The number of carbonyl (C=O) groups excluding carboxylic acids is 1. The summed E-state index contributed by atoms with van der Waals surface area (Å²) >= 11 is 0. The van der Waals surface area contributed by atoms with Crippen LogP contribution in [-0.4, -0.2) is 175 Å². The van der Waals surface area contributed by atoms with E-state index in [1.54, 1.807) is 0 Å². The van der Waals surface area contributed by atoms with E-state index in [-0.39, 0.29) is 6.29 Å². The average molecular weight is 741 g/mol. The molecule has 276 valence electrons. The molecule has 15 atom stereocenters. The Bertz CT molecular complexity index is 1490. The minimum absolute atomic E-state index is 0.111. The van der Waals surface area contributed by atoms with E-state index in [2.05, 4.69) is 18.9 Å². The van der Waals surface area contributed by atoms with Gasteiger partial charge in [0.25, 0.3) is 11.5 Å². The van der Waals surface area contributed by atoms with E-state index in [0.717, 1.165) is 6.92 Å². The number of nitrogens with one attached hydrogen (secondary N) is 1. The van der Waals surface area contributed by atoms with E-state index in [9.17, 15) is 57.4 Å². The number of aliphatic hydroxyl groups is 7. The smallest absolute Gasteiger partial charge is 0.394 e. The molecule has 3 saturated heterocycles. The number of fused-ring (bicyclic) bond motifs is 1. The quantitative estimate of drug-likeness (QED) is 0.0593. The highest BCUT2D eigenvalue weighted by molar-refractivity contribution is 7.95. The lowest BCUT2D eigenvalue weighted by atomic mass is 9.76. The maximum Gasteiger partial charge on any atom is 0.419 e. The number of hydrogen-bond donors (Lipinski definition) is 11. The first-order chi connectivity index (χ1) is 22.2. The average Bonchev–Trinajstić information content (AvgIpc) is 3.17. The van der Waals surface area contributed by atoms with Crippen LogP contribution in [0.2, 0.25) is 0 Å². The molecule has 0 unspecified atom stereocenters. The highest BCUT2D eigenvalue weighted by atomic mass is 32.3. The van der Waals surface area contributed by atoms with Crippen LogP contribution in [0.15, 0.2) is 9.98 Å². The van der Waals surface area contributed by atoms with Gasteiger partial charge < -0.3 is 77.2 Å². The Labute approximate surface area is 271 Å². The first-order valence-electron chi connectivity index (χ1n) is 13.7. The standard InChI is InChI=1S/C21H36N6O19S2/c1-6-19(35,4-29)15(42-16-9(25-2)11(31)10(30)7(3-28)41-16)17(40-6)43-21-14(34)12(32)8(26-5-22)13(33)20(21,27-18(23)24)44-47(36,37)46-48(38,39)45-21/h4-17,25,28,30-35H,3H2,1-2H3,(H2,22,26)(H4,23,24,27)/t6-,7-,8+,9-,10-,11-,12-,13+,14+,15-,16-,17-,19+,20-,21+/m0/s1. The monoisotopic (exact) mass is 740 g/mol. The van der Waals surface area contributed by atoms with E-state index >= 15 is 0 Å². The van der Waals surface area contributed by atoms with Gasteiger partial charge in [-0.05, 0) is 14.0 Å². The number of aliphatic hydroxyl groups excluding tert-OH is 6. The highest BCUT2D eigenvalue weighted by Crippen LogP contribution is 2.52. The summed E-state index contributed by atoms with van der Waals surface area (Å²) in [7, 11) is -10.6. The molecule has 3 heterocycles. The number of guanidine groups is 1. The summed E-state index contributed by atoms with van der Waals surface area (Å²) in [6.45, 7) is 0.198. The zero-order valence-corrected chi connectivity index (χ0v) is 26.4. The minimum Gasteiger partial charge on any atom is -0.394 e. The molecule has 4 rings (SSSR count). The predicted molar refractivity (Wildman–Crippen MR) is 149 cm³/mol. The van der Waals surface area contributed by atoms with E-state index in [0.29, 0.717) is 6.34 Å². The predicted octanol–water partition coefficient (Wildman–Crippen LogP) is -9.24. The van der Waals surface area contributed by atoms with Crippen molar-refractivity contribution in [3.05, 3.63) is 0 Å². The Balaban J connectivity index is 1.95. The summed E-state index contributed by atoms with van der Waals surface area (Å²) in [5, 5.41) is 78.4. The fraction of sp³-hybridized carbons (Fsp3) is 0.857. The van der Waals surface area contributed by atoms with Gasteiger partial charge in [0, 0.05) is 0 Å². The first kappa shape index (κ1) is 38.5. The van der Waals surface area contributed by atoms with Crippen LogP contribution in [0.5, 0.6) is 0 Å². The summed E-state index contributed by atoms with van der Waals surface area (Å²) < 4.78 is 87.4. The largest absolute Gasteiger partial charge is 0.419 e. The third-order valence-electron chi connectivity index (χ3n) is 8.13. The van der Waals surface area contributed by atoms with Crippen molar-refractivity contribution in [2.24, 2.45) is 27.2 Å². The van der Waals surface area contributed by atoms with Crippen LogP contribution >= 0.6 is 0 Å². The molecule has 4 aliphatic rings. The zero-order valence-electron chi connectivity index (χ0n) is 24.8. The van der Waals surface area contributed by atoms with Gasteiger partial charge in [-0.25, -0.2) is 13.4 Å². The van der Waals surface area contributed by atoms with Crippen LogP contribution in [0, 0.1) is 0 Å². The van der Waals surface area contributed by atoms with Crippen molar-refractivity contribution in [1.29, 1.82) is 0 Å². The van der Waals surface area contributed by atoms with Gasteiger partial charge in [-0.15, -0.1) is 3.63 Å². The second-order valence-electron chi connectivity index (χ2n) is 11.0. The second kappa shape index (κ2) is 13.4. The van der Waals surface area contributed by atoms with Crippen LogP contribution in [0.3, 0.4) is 0 Å². The first-order valence-corrected chi connectivity index (χ1v) is 16.3. The van der Waals surface area contributed by atoms with Crippen LogP contribution in [0.1, 0.15) is 6.92 Å². The van der Waals surface area contributed by atoms with Gasteiger partial charge in [0.15, 0.2) is 30.4 Å². The van der Waals surface area contributed by atoms with Crippen molar-refractivity contribution >= 4 is 39.4 Å². The molecular weight excluding hydrogens is 704 g/mol. The molecule has 0 amide bonds. The van der Waals surface area contributed by atoms with Gasteiger partial charge in [0.1, 0.15) is 48.8 Å². The topological polar surface area (TPSA) is 406 Å². The lowest BCUT2D eigenvalue weighted by Gasteiger charge is -2.54. The number of nitrogens with zero attached hydrogens (tertiary/aromatic N) is 2. The number of ether oxygens (including phenoxy) is 4. The Hall–Kier alpha value is -2.29. The fourth-order valence-electron chi connectivity index (χ4n) is 5.78. The third-order valence-corrected chi connectivity index (χ3v) is 10.4. The number of aldehydes is 1. The van der Waals surface area contributed by atoms with Crippen LogP contribution in [-0.2, 0) is 56.5 Å². The highest BCUT2D eigenvalue weighted by Gasteiger charge is 2.78. The molecule has 0 radical (unpaired) electrons. The van der Waals surface area contributed by atoms with Crippen molar-refractivity contribution in [1.82, 2.24) is 5.32 Å². The normalized spacial score (nSPS) is 48.8. The third kappa shape index (κ3) is 6.28. The molecular formula is C21H36N6O19S2. The lowest BCUT2D eigenvalue weighted by Crippen LogP contribution is -2.80. The molecule has 1 saturated carbocycles. The number of carbonyl (C=O) groups is 1. The van der Waals surface area contributed by atoms with E-state index in [1.807, 2.05) is 0 Å². The van der Waals surface area contributed by atoms with Crippen LogP contribution < -0.4 is 22.5 Å². The summed E-state index contributed by atoms with van der Waals surface area (Å²) in [4.78, 5) is 19.4. The maximum absolute atomic E-state index is 12.9. The number of nitrogens with two attached hydrogens (primary N) is 3. The number of likely N-dealkylation sites (N-methyl/N-ethyl adjacent to an activating group) is 1. The Morgan fingerprint density at radius 3 is 2.15 bits per heavy atom. The number of rotatable bonds is 9. The van der Waals surface area contributed by atoms with E-state index < -0.39 is 124 Å². The van der Waals surface area contributed by atoms with Gasteiger partial charge in [-0.1, -0.05) is 0 Å². The van der Waals surface area contributed by atoms with E-state index in [4.69, 9.17) is 44.5 Å². The van der Waals surface area contributed by atoms with Crippen LogP contribution in [0.25, 0.3) is 0 Å². The lowest BCUT2D eigenvalue weighted by molar-refractivity contribution is -0.406. The maximum atomic E-state index is 12.9. The molecule has 3 aliphatic heterocycles. The molecule has 0 aromatic rings. The van der Waals surface area contributed by atoms with Crippen molar-refractivity contribution in [3.63, 3.8) is 0 Å². The fourth-order valence-corrected chi connectivity index (χ4v) is 7.94. The summed E-state index contributed by atoms with van der Waals surface area (Å²) in [5.41, 5.74) is 9.68. The van der Waals surface area contributed by atoms with Gasteiger partial charge in [-0.3, -0.25) is 9.79 Å².